The minimum absolute atomic E-state index is 0.124. The molecule has 3 rings (SSSR count). The third-order valence-electron chi connectivity index (χ3n) is 5.49. The van der Waals surface area contributed by atoms with Gasteiger partial charge in [0, 0.05) is 38.3 Å². The molecule has 0 aliphatic carbocycles. The number of carbonyl (C=O) groups is 1. The van der Waals surface area contributed by atoms with Crippen molar-refractivity contribution in [3.8, 4) is 11.5 Å². The molecule has 1 N–H and O–H groups in total. The van der Waals surface area contributed by atoms with Crippen LogP contribution in [0.1, 0.15) is 36.1 Å². The molecule has 1 aliphatic rings. The number of phenolic OH excluding ortho intramolecular Hbond substituents is 1. The Labute approximate surface area is 167 Å². The Kier molecular flexibility index (Phi) is 6.57. The number of aromatic hydroxyl groups is 1. The van der Waals surface area contributed by atoms with Gasteiger partial charge in [-0.3, -0.25) is 9.69 Å². The maximum Gasteiger partial charge on any atom is 0.226 e. The first kappa shape index (κ1) is 20.2. The zero-order valence-electron chi connectivity index (χ0n) is 17.0. The highest BCUT2D eigenvalue weighted by Crippen LogP contribution is 2.25. The monoisotopic (exact) mass is 382 g/mol. The topological polar surface area (TPSA) is 53.0 Å². The Bertz CT molecular complexity index is 813. The van der Waals surface area contributed by atoms with Gasteiger partial charge in [-0.2, -0.15) is 0 Å². The van der Waals surface area contributed by atoms with E-state index in [0.717, 1.165) is 26.2 Å². The van der Waals surface area contributed by atoms with Crippen LogP contribution < -0.4 is 4.74 Å². The number of ether oxygens (including phenoxy) is 1. The predicted octanol–water partition coefficient (Wildman–Crippen LogP) is 3.68. The Balaban J connectivity index is 1.45. The van der Waals surface area contributed by atoms with Crippen molar-refractivity contribution < 1.29 is 14.6 Å². The van der Waals surface area contributed by atoms with Crippen LogP contribution in [0.3, 0.4) is 0 Å². The molecular weight excluding hydrogens is 352 g/mol. The molecular formula is C23H30N2O3. The SMILES string of the molecule is Cc1ccc(C(C)N2CCN(C(=O)CCOc3cccc(O)c3)CC2)c(C)c1. The average molecular weight is 383 g/mol. The van der Waals surface area contributed by atoms with Crippen molar-refractivity contribution in [2.45, 2.75) is 33.2 Å². The Hall–Kier alpha value is -2.53. The van der Waals surface area contributed by atoms with Crippen molar-refractivity contribution >= 4 is 5.91 Å². The molecule has 1 fully saturated rings. The van der Waals surface area contributed by atoms with Crippen molar-refractivity contribution in [1.29, 1.82) is 0 Å². The van der Waals surface area contributed by atoms with E-state index in [1.54, 1.807) is 24.3 Å². The van der Waals surface area contributed by atoms with E-state index in [-0.39, 0.29) is 11.7 Å². The van der Waals surface area contributed by atoms with Gasteiger partial charge in [-0.05, 0) is 44.0 Å². The van der Waals surface area contributed by atoms with Crippen LogP contribution in [0.5, 0.6) is 11.5 Å². The number of rotatable bonds is 6. The van der Waals surface area contributed by atoms with E-state index >= 15 is 0 Å². The number of carbonyl (C=O) groups excluding carboxylic acids is 1. The minimum Gasteiger partial charge on any atom is -0.508 e. The molecule has 1 unspecified atom stereocenters. The lowest BCUT2D eigenvalue weighted by molar-refractivity contribution is -0.133. The maximum absolute atomic E-state index is 12.5. The summed E-state index contributed by atoms with van der Waals surface area (Å²) in [6.07, 6.45) is 0.349. The summed E-state index contributed by atoms with van der Waals surface area (Å²) in [6.45, 7) is 10.1. The summed E-state index contributed by atoms with van der Waals surface area (Å²) in [7, 11) is 0. The van der Waals surface area contributed by atoms with Crippen LogP contribution in [0.4, 0.5) is 0 Å². The standard InChI is InChI=1S/C23H30N2O3/c1-17-7-8-22(18(2)15-17)19(3)24-10-12-25(13-11-24)23(27)9-14-28-21-6-4-5-20(26)16-21/h4-8,15-16,19,26H,9-14H2,1-3H3. The Morgan fingerprint density at radius 2 is 1.86 bits per heavy atom. The molecule has 2 aromatic carbocycles. The normalized spacial score (nSPS) is 16.0. The summed E-state index contributed by atoms with van der Waals surface area (Å²) in [5.74, 6) is 0.872. The molecule has 1 aliphatic heterocycles. The van der Waals surface area contributed by atoms with Crippen LogP contribution in [0.2, 0.25) is 0 Å². The summed E-state index contributed by atoms with van der Waals surface area (Å²) >= 11 is 0. The smallest absolute Gasteiger partial charge is 0.226 e. The average Bonchev–Trinajstić information content (AvgIpc) is 2.67. The fourth-order valence-electron chi connectivity index (χ4n) is 3.84. The zero-order chi connectivity index (χ0) is 20.1. The van der Waals surface area contributed by atoms with Gasteiger partial charge < -0.3 is 14.7 Å². The number of phenols is 1. The van der Waals surface area contributed by atoms with E-state index in [9.17, 15) is 9.90 Å². The first-order valence-corrected chi connectivity index (χ1v) is 9.95. The van der Waals surface area contributed by atoms with Crippen LogP contribution in [0, 0.1) is 13.8 Å². The lowest BCUT2D eigenvalue weighted by atomic mass is 9.99. The first-order chi connectivity index (χ1) is 13.4. The van der Waals surface area contributed by atoms with Crippen molar-refractivity contribution in [1.82, 2.24) is 9.80 Å². The van der Waals surface area contributed by atoms with E-state index in [1.165, 1.54) is 16.7 Å². The number of hydrogen-bond donors (Lipinski definition) is 1. The molecule has 0 radical (unpaired) electrons. The molecule has 2 aromatic rings. The van der Waals surface area contributed by atoms with Crippen molar-refractivity contribution in [2.24, 2.45) is 0 Å². The molecule has 1 heterocycles. The van der Waals surface area contributed by atoms with Gasteiger partial charge in [-0.15, -0.1) is 0 Å². The summed E-state index contributed by atoms with van der Waals surface area (Å²) in [6, 6.07) is 13.6. The van der Waals surface area contributed by atoms with Crippen LogP contribution >= 0.6 is 0 Å². The fraction of sp³-hybridized carbons (Fsp3) is 0.435. The molecule has 0 spiro atoms. The molecule has 1 atom stereocenters. The summed E-state index contributed by atoms with van der Waals surface area (Å²) in [4.78, 5) is 16.8. The van der Waals surface area contributed by atoms with Crippen molar-refractivity contribution in [2.75, 3.05) is 32.8 Å². The highest BCUT2D eigenvalue weighted by atomic mass is 16.5. The molecule has 5 nitrogen and oxygen atoms in total. The van der Waals surface area contributed by atoms with Gasteiger partial charge in [-0.1, -0.05) is 29.8 Å². The summed E-state index contributed by atoms with van der Waals surface area (Å²) in [5.41, 5.74) is 3.98. The fourth-order valence-corrected chi connectivity index (χ4v) is 3.84. The molecule has 0 saturated carbocycles. The van der Waals surface area contributed by atoms with E-state index in [2.05, 4.69) is 43.9 Å². The Morgan fingerprint density at radius 3 is 2.54 bits per heavy atom. The van der Waals surface area contributed by atoms with Gasteiger partial charge in [0.1, 0.15) is 11.5 Å². The number of hydrogen-bond acceptors (Lipinski definition) is 4. The number of amides is 1. The highest BCUT2D eigenvalue weighted by Gasteiger charge is 2.25. The van der Waals surface area contributed by atoms with E-state index < -0.39 is 0 Å². The molecule has 1 amide bonds. The molecule has 0 aromatic heterocycles. The van der Waals surface area contributed by atoms with E-state index in [4.69, 9.17) is 4.74 Å². The van der Waals surface area contributed by atoms with E-state index in [1.807, 2.05) is 4.90 Å². The molecule has 0 bridgehead atoms. The second-order valence-corrected chi connectivity index (χ2v) is 7.55. The van der Waals surface area contributed by atoms with Crippen LogP contribution in [0.15, 0.2) is 42.5 Å². The third-order valence-corrected chi connectivity index (χ3v) is 5.49. The highest BCUT2D eigenvalue weighted by molar-refractivity contribution is 5.76. The lowest BCUT2D eigenvalue weighted by Gasteiger charge is -2.38. The maximum atomic E-state index is 12.5. The first-order valence-electron chi connectivity index (χ1n) is 9.95. The number of benzene rings is 2. The van der Waals surface area contributed by atoms with Gasteiger partial charge >= 0.3 is 0 Å². The second-order valence-electron chi connectivity index (χ2n) is 7.55. The summed E-state index contributed by atoms with van der Waals surface area (Å²) in [5, 5.41) is 9.45. The number of piperazine rings is 1. The van der Waals surface area contributed by atoms with E-state index in [0.29, 0.717) is 24.8 Å². The van der Waals surface area contributed by atoms with Crippen molar-refractivity contribution in [3.63, 3.8) is 0 Å². The van der Waals surface area contributed by atoms with Gasteiger partial charge in [0.15, 0.2) is 0 Å². The van der Waals surface area contributed by atoms with Gasteiger partial charge in [0.2, 0.25) is 5.91 Å². The Morgan fingerprint density at radius 1 is 1.11 bits per heavy atom. The quantitative estimate of drug-likeness (QED) is 0.828. The molecule has 28 heavy (non-hydrogen) atoms. The predicted molar refractivity (Wildman–Crippen MR) is 111 cm³/mol. The molecule has 150 valence electrons. The largest absolute Gasteiger partial charge is 0.508 e. The minimum atomic E-state index is 0.124. The van der Waals surface area contributed by atoms with Crippen molar-refractivity contribution in [3.05, 3.63) is 59.2 Å². The second kappa shape index (κ2) is 9.11. The van der Waals surface area contributed by atoms with Crippen LogP contribution in [-0.2, 0) is 4.79 Å². The van der Waals surface area contributed by atoms with Gasteiger partial charge in [0.05, 0.1) is 13.0 Å². The number of nitrogens with zero attached hydrogens (tertiary/aromatic N) is 2. The number of aryl methyl sites for hydroxylation is 2. The van der Waals surface area contributed by atoms with Gasteiger partial charge in [-0.25, -0.2) is 0 Å². The lowest BCUT2D eigenvalue weighted by Crippen LogP contribution is -2.49. The zero-order valence-corrected chi connectivity index (χ0v) is 17.0. The molecule has 1 saturated heterocycles. The summed E-state index contributed by atoms with van der Waals surface area (Å²) < 4.78 is 5.57. The molecule has 5 heteroatoms. The van der Waals surface area contributed by atoms with Crippen LogP contribution in [-0.4, -0.2) is 53.6 Å². The third kappa shape index (κ3) is 5.04. The van der Waals surface area contributed by atoms with Gasteiger partial charge in [0.25, 0.3) is 0 Å². The van der Waals surface area contributed by atoms with Crippen LogP contribution in [0.25, 0.3) is 0 Å².